The summed E-state index contributed by atoms with van der Waals surface area (Å²) in [4.78, 5) is 27.7. The molecular formula is C17H22FN5O4. The fraction of sp³-hybridized carbons (Fsp3) is 0.471. The third kappa shape index (κ3) is 4.34. The molecule has 1 aromatic carbocycles. The maximum atomic E-state index is 14.1. The predicted octanol–water partition coefficient (Wildman–Crippen LogP) is -0.111. The number of aromatic nitrogens is 3. The molecule has 1 amide bonds. The highest BCUT2D eigenvalue weighted by molar-refractivity contribution is 5.86. The summed E-state index contributed by atoms with van der Waals surface area (Å²) in [6, 6.07) is 4.35. The first kappa shape index (κ1) is 19.1. The number of halogens is 1. The van der Waals surface area contributed by atoms with E-state index >= 15 is 0 Å². The molecule has 1 saturated heterocycles. The average molecular weight is 379 g/mol. The van der Waals surface area contributed by atoms with Gasteiger partial charge in [0, 0.05) is 25.2 Å². The van der Waals surface area contributed by atoms with Gasteiger partial charge in [0.1, 0.15) is 17.4 Å². The number of nitrogens with zero attached hydrogens (tertiary/aromatic N) is 2. The number of aromatic amines is 2. The maximum absolute atomic E-state index is 14.1. The summed E-state index contributed by atoms with van der Waals surface area (Å²) in [6.45, 7) is 0.679. The largest absolute Gasteiger partial charge is 0.497 e. The third-order valence-corrected chi connectivity index (χ3v) is 4.58. The van der Waals surface area contributed by atoms with Gasteiger partial charge in [0.15, 0.2) is 5.60 Å². The molecule has 4 N–H and O–H groups in total. The van der Waals surface area contributed by atoms with Gasteiger partial charge in [-0.2, -0.15) is 5.10 Å². The number of piperidine rings is 1. The molecule has 0 saturated carbocycles. The highest BCUT2D eigenvalue weighted by Gasteiger charge is 2.42. The van der Waals surface area contributed by atoms with Crippen LogP contribution in [-0.4, -0.2) is 56.9 Å². The number of rotatable bonds is 7. The number of benzene rings is 1. The van der Waals surface area contributed by atoms with Crippen LogP contribution in [0.5, 0.6) is 5.75 Å². The molecule has 10 heteroatoms. The lowest BCUT2D eigenvalue weighted by Gasteiger charge is -2.38. The summed E-state index contributed by atoms with van der Waals surface area (Å²) in [6.07, 6.45) is 0.891. The van der Waals surface area contributed by atoms with Crippen LogP contribution in [0.15, 0.2) is 23.0 Å². The van der Waals surface area contributed by atoms with Gasteiger partial charge in [-0.05, 0) is 31.0 Å². The molecule has 1 atom stereocenters. The van der Waals surface area contributed by atoms with Crippen molar-refractivity contribution < 1.29 is 19.0 Å². The van der Waals surface area contributed by atoms with Gasteiger partial charge in [-0.1, -0.05) is 0 Å². The van der Waals surface area contributed by atoms with E-state index in [4.69, 9.17) is 4.74 Å². The first-order chi connectivity index (χ1) is 12.9. The fourth-order valence-electron chi connectivity index (χ4n) is 3.16. The van der Waals surface area contributed by atoms with Crippen LogP contribution in [-0.2, 0) is 17.9 Å². The second-order valence-electron chi connectivity index (χ2n) is 6.55. The minimum absolute atomic E-state index is 0.00217. The van der Waals surface area contributed by atoms with Gasteiger partial charge in [0.25, 0.3) is 5.91 Å². The zero-order chi connectivity index (χ0) is 19.4. The van der Waals surface area contributed by atoms with Crippen LogP contribution in [0.25, 0.3) is 0 Å². The Morgan fingerprint density at radius 1 is 1.44 bits per heavy atom. The number of aliphatic hydroxyl groups is 1. The number of ether oxygens (including phenoxy) is 1. The van der Waals surface area contributed by atoms with Gasteiger partial charge < -0.3 is 20.1 Å². The standard InChI is InChI=1S/C17H22FN5O4/c1-27-12-3-4-13(18)11(7-12)9-23-6-2-5-17(26,15(23)24)10-19-8-14-20-16(25)22-21-14/h3-4,7,19,26H,2,5-6,8-10H2,1H3,(H2,20,21,22,25)/t17-/m1/s1. The summed E-state index contributed by atoms with van der Waals surface area (Å²) in [5.74, 6) is -0.0136. The Balaban J connectivity index is 1.64. The van der Waals surface area contributed by atoms with Crippen LogP contribution in [0.1, 0.15) is 24.2 Å². The highest BCUT2D eigenvalue weighted by atomic mass is 19.1. The molecule has 9 nitrogen and oxygen atoms in total. The molecule has 1 aliphatic rings. The Hall–Kier alpha value is -2.72. The second-order valence-corrected chi connectivity index (χ2v) is 6.55. The average Bonchev–Trinajstić information content (AvgIpc) is 3.06. The number of carbonyl (C=O) groups is 1. The van der Waals surface area contributed by atoms with Crippen molar-refractivity contribution >= 4 is 5.91 Å². The minimum Gasteiger partial charge on any atom is -0.497 e. The number of hydrogen-bond donors (Lipinski definition) is 4. The number of nitrogens with one attached hydrogen (secondary N) is 3. The number of amides is 1. The molecule has 1 aromatic heterocycles. The smallest absolute Gasteiger partial charge is 0.340 e. The molecule has 2 aromatic rings. The Kier molecular flexibility index (Phi) is 5.57. The number of H-pyrrole nitrogens is 2. The topological polar surface area (TPSA) is 123 Å². The van der Waals surface area contributed by atoms with Gasteiger partial charge in [-0.3, -0.25) is 9.78 Å². The quantitative estimate of drug-likeness (QED) is 0.532. The van der Waals surface area contributed by atoms with E-state index in [1.165, 1.54) is 24.1 Å². The van der Waals surface area contributed by atoms with E-state index < -0.39 is 23.0 Å². The number of methoxy groups -OCH3 is 1. The Morgan fingerprint density at radius 2 is 2.26 bits per heavy atom. The van der Waals surface area contributed by atoms with E-state index in [2.05, 4.69) is 20.5 Å². The van der Waals surface area contributed by atoms with Crippen molar-refractivity contribution in [1.82, 2.24) is 25.4 Å². The van der Waals surface area contributed by atoms with Crippen LogP contribution in [0.3, 0.4) is 0 Å². The summed E-state index contributed by atoms with van der Waals surface area (Å²) >= 11 is 0. The van der Waals surface area contributed by atoms with Crippen molar-refractivity contribution in [3.8, 4) is 5.75 Å². The van der Waals surface area contributed by atoms with Crippen LogP contribution in [0.4, 0.5) is 4.39 Å². The lowest BCUT2D eigenvalue weighted by molar-refractivity contribution is -0.157. The first-order valence-electron chi connectivity index (χ1n) is 8.60. The van der Waals surface area contributed by atoms with Crippen molar-refractivity contribution in [3.05, 3.63) is 45.9 Å². The Labute approximate surface area is 154 Å². The second kappa shape index (κ2) is 7.89. The summed E-state index contributed by atoms with van der Waals surface area (Å²) < 4.78 is 19.2. The van der Waals surface area contributed by atoms with E-state index in [-0.39, 0.29) is 19.6 Å². The highest BCUT2D eigenvalue weighted by Crippen LogP contribution is 2.25. The minimum atomic E-state index is -1.59. The molecule has 1 fully saturated rings. The van der Waals surface area contributed by atoms with Crippen molar-refractivity contribution in [2.24, 2.45) is 0 Å². The van der Waals surface area contributed by atoms with Crippen LogP contribution >= 0.6 is 0 Å². The van der Waals surface area contributed by atoms with Gasteiger partial charge in [0.05, 0.1) is 13.7 Å². The third-order valence-electron chi connectivity index (χ3n) is 4.58. The van der Waals surface area contributed by atoms with Crippen LogP contribution in [0.2, 0.25) is 0 Å². The molecule has 0 spiro atoms. The molecular weight excluding hydrogens is 357 g/mol. The van der Waals surface area contributed by atoms with E-state index in [1.807, 2.05) is 0 Å². The molecule has 0 unspecified atom stereocenters. The van der Waals surface area contributed by atoms with Gasteiger partial charge >= 0.3 is 5.69 Å². The van der Waals surface area contributed by atoms with Crippen molar-refractivity contribution in [2.45, 2.75) is 31.5 Å². The Bertz CT molecular complexity index is 867. The van der Waals surface area contributed by atoms with E-state index in [9.17, 15) is 19.1 Å². The van der Waals surface area contributed by atoms with Crippen LogP contribution < -0.4 is 15.7 Å². The molecule has 1 aliphatic heterocycles. The molecule has 0 bridgehead atoms. The van der Waals surface area contributed by atoms with Crippen LogP contribution in [0, 0.1) is 5.82 Å². The first-order valence-corrected chi connectivity index (χ1v) is 8.60. The molecule has 27 heavy (non-hydrogen) atoms. The Morgan fingerprint density at radius 3 is 2.96 bits per heavy atom. The molecule has 0 radical (unpaired) electrons. The van der Waals surface area contributed by atoms with Gasteiger partial charge in [-0.25, -0.2) is 14.3 Å². The number of carbonyl (C=O) groups excluding carboxylic acids is 1. The summed E-state index contributed by atoms with van der Waals surface area (Å²) in [5, 5.41) is 19.7. The lowest BCUT2D eigenvalue weighted by atomic mass is 9.91. The molecule has 146 valence electrons. The number of hydrogen-bond acceptors (Lipinski definition) is 6. The molecule has 0 aliphatic carbocycles. The predicted molar refractivity (Wildman–Crippen MR) is 93.5 cm³/mol. The SMILES string of the molecule is COc1ccc(F)c(CN2CCC[C@@](O)(CNCc3n[nH]c(=O)[nH]3)C2=O)c1. The van der Waals surface area contributed by atoms with E-state index in [0.29, 0.717) is 36.5 Å². The van der Waals surface area contributed by atoms with Crippen molar-refractivity contribution in [3.63, 3.8) is 0 Å². The fourth-order valence-corrected chi connectivity index (χ4v) is 3.16. The monoisotopic (exact) mass is 379 g/mol. The maximum Gasteiger partial charge on any atom is 0.340 e. The van der Waals surface area contributed by atoms with Gasteiger partial charge in [0.2, 0.25) is 0 Å². The zero-order valence-electron chi connectivity index (χ0n) is 14.9. The normalized spacial score (nSPS) is 20.1. The van der Waals surface area contributed by atoms with E-state index in [1.54, 1.807) is 6.07 Å². The molecule has 2 heterocycles. The van der Waals surface area contributed by atoms with E-state index in [0.717, 1.165) is 0 Å². The van der Waals surface area contributed by atoms with Crippen molar-refractivity contribution in [1.29, 1.82) is 0 Å². The van der Waals surface area contributed by atoms with Crippen molar-refractivity contribution in [2.75, 3.05) is 20.2 Å². The lowest BCUT2D eigenvalue weighted by Crippen LogP contribution is -2.57. The molecule has 3 rings (SSSR count). The summed E-state index contributed by atoms with van der Waals surface area (Å²) in [5.41, 5.74) is -1.69. The summed E-state index contributed by atoms with van der Waals surface area (Å²) in [7, 11) is 1.49. The zero-order valence-corrected chi connectivity index (χ0v) is 14.9. The van der Waals surface area contributed by atoms with Gasteiger partial charge in [-0.15, -0.1) is 0 Å². The number of likely N-dealkylation sites (tertiary alicyclic amines) is 1.